The van der Waals surface area contributed by atoms with Gasteiger partial charge in [0.15, 0.2) is 11.5 Å². The molecule has 2 N–H and O–H groups in total. The second-order valence-corrected chi connectivity index (χ2v) is 5.50. The van der Waals surface area contributed by atoms with Crippen molar-refractivity contribution in [1.82, 2.24) is 5.32 Å². The Labute approximate surface area is 156 Å². The van der Waals surface area contributed by atoms with Crippen LogP contribution in [0.3, 0.4) is 0 Å². The normalized spacial score (nSPS) is 10.1. The number of hydrogen-bond donors (Lipinski definition) is 2. The maximum Gasteiger partial charge on any atom is 0.313 e. The summed E-state index contributed by atoms with van der Waals surface area (Å²) in [5, 5.41) is 5.00. The molecule has 2 aromatic rings. The zero-order valence-corrected chi connectivity index (χ0v) is 15.3. The maximum atomic E-state index is 12.9. The van der Waals surface area contributed by atoms with Crippen LogP contribution in [0.5, 0.6) is 17.2 Å². The summed E-state index contributed by atoms with van der Waals surface area (Å²) in [6.45, 7) is 0.243. The summed E-state index contributed by atoms with van der Waals surface area (Å²) < 4.78 is 28.5. The van der Waals surface area contributed by atoms with E-state index in [2.05, 4.69) is 10.6 Å². The molecule has 0 saturated heterocycles. The van der Waals surface area contributed by atoms with Gasteiger partial charge in [0, 0.05) is 24.4 Å². The first kappa shape index (κ1) is 20.0. The van der Waals surface area contributed by atoms with Crippen molar-refractivity contribution in [2.45, 2.75) is 6.42 Å². The van der Waals surface area contributed by atoms with Gasteiger partial charge in [0.2, 0.25) is 5.75 Å². The van der Waals surface area contributed by atoms with Crippen molar-refractivity contribution >= 4 is 17.5 Å². The molecule has 8 heteroatoms. The third-order valence-corrected chi connectivity index (χ3v) is 3.74. The van der Waals surface area contributed by atoms with Crippen LogP contribution in [0, 0.1) is 5.82 Å². The molecule has 0 spiro atoms. The van der Waals surface area contributed by atoms with Crippen LogP contribution in [0.15, 0.2) is 36.4 Å². The van der Waals surface area contributed by atoms with Gasteiger partial charge in [-0.15, -0.1) is 0 Å². The second-order valence-electron chi connectivity index (χ2n) is 5.50. The SMILES string of the molecule is COc1cc(NC(=O)C(=O)NCCc2ccc(F)cc2)cc(OC)c1OC. The van der Waals surface area contributed by atoms with Gasteiger partial charge in [-0.3, -0.25) is 9.59 Å². The predicted octanol–water partition coefficient (Wildman–Crippen LogP) is 2.15. The molecule has 0 atom stereocenters. The molecule has 0 heterocycles. The van der Waals surface area contributed by atoms with Gasteiger partial charge < -0.3 is 24.8 Å². The number of benzene rings is 2. The number of ether oxygens (including phenoxy) is 3. The molecule has 0 aromatic heterocycles. The smallest absolute Gasteiger partial charge is 0.313 e. The van der Waals surface area contributed by atoms with Crippen molar-refractivity contribution in [3.8, 4) is 17.2 Å². The van der Waals surface area contributed by atoms with Crippen molar-refractivity contribution < 1.29 is 28.2 Å². The van der Waals surface area contributed by atoms with Crippen LogP contribution in [-0.4, -0.2) is 39.7 Å². The molecule has 7 nitrogen and oxygen atoms in total. The average molecular weight is 376 g/mol. The fourth-order valence-electron chi connectivity index (χ4n) is 2.39. The molecule has 0 fully saturated rings. The van der Waals surface area contributed by atoms with Crippen LogP contribution in [0.4, 0.5) is 10.1 Å². The lowest BCUT2D eigenvalue weighted by atomic mass is 10.1. The van der Waals surface area contributed by atoms with Crippen LogP contribution in [-0.2, 0) is 16.0 Å². The summed E-state index contributed by atoms with van der Waals surface area (Å²) >= 11 is 0. The first-order chi connectivity index (χ1) is 13.0. The molecule has 2 amide bonds. The van der Waals surface area contributed by atoms with E-state index in [1.807, 2.05) is 0 Å². The van der Waals surface area contributed by atoms with E-state index in [-0.39, 0.29) is 12.4 Å². The van der Waals surface area contributed by atoms with Crippen molar-refractivity contribution in [3.63, 3.8) is 0 Å². The molecule has 27 heavy (non-hydrogen) atoms. The van der Waals surface area contributed by atoms with Crippen LogP contribution >= 0.6 is 0 Å². The van der Waals surface area contributed by atoms with E-state index >= 15 is 0 Å². The Kier molecular flexibility index (Phi) is 6.99. The Morgan fingerprint density at radius 3 is 2.04 bits per heavy atom. The van der Waals surface area contributed by atoms with Crippen LogP contribution in [0.1, 0.15) is 5.56 Å². The molecule has 0 aliphatic carbocycles. The third kappa shape index (κ3) is 5.34. The van der Waals surface area contributed by atoms with Crippen molar-refractivity contribution in [2.24, 2.45) is 0 Å². The third-order valence-electron chi connectivity index (χ3n) is 3.74. The average Bonchev–Trinajstić information content (AvgIpc) is 2.68. The minimum Gasteiger partial charge on any atom is -0.493 e. The van der Waals surface area contributed by atoms with Crippen LogP contribution in [0.2, 0.25) is 0 Å². The zero-order chi connectivity index (χ0) is 19.8. The molecule has 0 radical (unpaired) electrons. The van der Waals surface area contributed by atoms with Gasteiger partial charge in [0.25, 0.3) is 0 Å². The fraction of sp³-hybridized carbons (Fsp3) is 0.263. The van der Waals surface area contributed by atoms with Gasteiger partial charge in [-0.2, -0.15) is 0 Å². The highest BCUT2D eigenvalue weighted by Crippen LogP contribution is 2.39. The predicted molar refractivity (Wildman–Crippen MR) is 97.8 cm³/mol. The fourth-order valence-corrected chi connectivity index (χ4v) is 2.39. The number of hydrogen-bond acceptors (Lipinski definition) is 5. The van der Waals surface area contributed by atoms with Crippen LogP contribution in [0.25, 0.3) is 0 Å². The maximum absolute atomic E-state index is 12.9. The Morgan fingerprint density at radius 2 is 1.52 bits per heavy atom. The summed E-state index contributed by atoms with van der Waals surface area (Å²) in [5.41, 5.74) is 1.17. The van der Waals surface area contributed by atoms with E-state index in [9.17, 15) is 14.0 Å². The minimum absolute atomic E-state index is 0.243. The number of rotatable bonds is 7. The number of carbonyl (C=O) groups excluding carboxylic acids is 2. The molecule has 0 bridgehead atoms. The first-order valence-corrected chi connectivity index (χ1v) is 8.12. The Morgan fingerprint density at radius 1 is 0.926 bits per heavy atom. The van der Waals surface area contributed by atoms with E-state index in [1.54, 1.807) is 12.1 Å². The number of methoxy groups -OCH3 is 3. The lowest BCUT2D eigenvalue weighted by Gasteiger charge is -2.14. The van der Waals surface area contributed by atoms with E-state index in [1.165, 1.54) is 45.6 Å². The molecule has 2 aromatic carbocycles. The van der Waals surface area contributed by atoms with Gasteiger partial charge in [-0.05, 0) is 24.1 Å². The zero-order valence-electron chi connectivity index (χ0n) is 15.3. The lowest BCUT2D eigenvalue weighted by Crippen LogP contribution is -2.36. The van der Waals surface area contributed by atoms with E-state index in [0.717, 1.165) is 5.56 Å². The number of nitrogens with one attached hydrogen (secondary N) is 2. The van der Waals surface area contributed by atoms with Gasteiger partial charge in [-0.1, -0.05) is 12.1 Å². The molecule has 0 unspecified atom stereocenters. The van der Waals surface area contributed by atoms with E-state index < -0.39 is 11.8 Å². The second kappa shape index (κ2) is 9.42. The van der Waals surface area contributed by atoms with Crippen molar-refractivity contribution in [2.75, 3.05) is 33.2 Å². The molecule has 144 valence electrons. The Balaban J connectivity index is 1.95. The summed E-state index contributed by atoms with van der Waals surface area (Å²) in [5.74, 6) is -0.865. The summed E-state index contributed by atoms with van der Waals surface area (Å²) in [6.07, 6.45) is 0.476. The quantitative estimate of drug-likeness (QED) is 0.723. The molecule has 2 rings (SSSR count). The number of amides is 2. The summed E-state index contributed by atoms with van der Waals surface area (Å²) in [7, 11) is 4.36. The molecule has 0 saturated carbocycles. The highest BCUT2D eigenvalue weighted by atomic mass is 19.1. The van der Waals surface area contributed by atoms with Gasteiger partial charge in [0.05, 0.1) is 21.3 Å². The molecular formula is C19H21FN2O5. The summed E-state index contributed by atoms with van der Waals surface area (Å²) in [6, 6.07) is 8.97. The standard InChI is InChI=1S/C19H21FN2O5/c1-25-15-10-14(11-16(26-2)17(15)27-3)22-19(24)18(23)21-9-8-12-4-6-13(20)7-5-12/h4-7,10-11H,8-9H2,1-3H3,(H,21,23)(H,22,24). The first-order valence-electron chi connectivity index (χ1n) is 8.12. The highest BCUT2D eigenvalue weighted by Gasteiger charge is 2.17. The monoisotopic (exact) mass is 376 g/mol. The van der Waals surface area contributed by atoms with Gasteiger partial charge in [0.1, 0.15) is 5.82 Å². The molecule has 0 aliphatic heterocycles. The largest absolute Gasteiger partial charge is 0.493 e. The minimum atomic E-state index is -0.830. The van der Waals surface area contributed by atoms with Gasteiger partial charge >= 0.3 is 11.8 Å². The number of carbonyl (C=O) groups is 2. The molecule has 0 aliphatic rings. The summed E-state index contributed by atoms with van der Waals surface area (Å²) in [4.78, 5) is 24.0. The van der Waals surface area contributed by atoms with Gasteiger partial charge in [-0.25, -0.2) is 4.39 Å². The molecular weight excluding hydrogens is 355 g/mol. The van der Waals surface area contributed by atoms with E-state index in [0.29, 0.717) is 29.4 Å². The number of halogens is 1. The Hall–Kier alpha value is -3.29. The van der Waals surface area contributed by atoms with Crippen molar-refractivity contribution in [1.29, 1.82) is 0 Å². The lowest BCUT2D eigenvalue weighted by molar-refractivity contribution is -0.136. The highest BCUT2D eigenvalue weighted by molar-refractivity contribution is 6.39. The number of anilines is 1. The van der Waals surface area contributed by atoms with Crippen molar-refractivity contribution in [3.05, 3.63) is 47.8 Å². The van der Waals surface area contributed by atoms with E-state index in [4.69, 9.17) is 14.2 Å². The topological polar surface area (TPSA) is 85.9 Å². The van der Waals surface area contributed by atoms with Crippen LogP contribution < -0.4 is 24.8 Å². The Bertz CT molecular complexity index is 783.